The van der Waals surface area contributed by atoms with Gasteiger partial charge in [-0.1, -0.05) is 31.9 Å². The highest BCUT2D eigenvalue weighted by Gasteiger charge is 2.02. The molecule has 7 heteroatoms. The Kier molecular flexibility index (Phi) is 16.1. The lowest BCUT2D eigenvalue weighted by molar-refractivity contribution is -0.145. The first kappa shape index (κ1) is 20.9. The highest BCUT2D eigenvalue weighted by atomic mass is 79.9. The first-order valence-electron chi connectivity index (χ1n) is 7.32. The molecule has 0 aliphatic rings. The standard InChI is InChI=1S/C14H25Br2NO4/c15-7-3-1-5-13(18)17-9-10-20-11-12-21-14(19)6-2-4-8-16/h1-12H2,(H,17,18). The molecule has 0 saturated carbocycles. The molecule has 0 bridgehead atoms. The van der Waals surface area contributed by atoms with Gasteiger partial charge in [0, 0.05) is 30.0 Å². The van der Waals surface area contributed by atoms with Gasteiger partial charge in [-0.2, -0.15) is 0 Å². The van der Waals surface area contributed by atoms with Gasteiger partial charge in [0.15, 0.2) is 0 Å². The molecular formula is C14H25Br2NO4. The molecule has 0 rings (SSSR count). The Morgan fingerprint density at radius 2 is 1.52 bits per heavy atom. The molecule has 0 saturated heterocycles. The SMILES string of the molecule is O=C(CCCCBr)NCCOCCOC(=O)CCCCBr. The largest absolute Gasteiger partial charge is 0.463 e. The molecule has 0 aromatic carbocycles. The third kappa shape index (κ3) is 16.1. The van der Waals surface area contributed by atoms with Gasteiger partial charge in [-0.25, -0.2) is 0 Å². The van der Waals surface area contributed by atoms with Crippen molar-refractivity contribution in [3.8, 4) is 0 Å². The predicted molar refractivity (Wildman–Crippen MR) is 90.1 cm³/mol. The topological polar surface area (TPSA) is 64.6 Å². The number of carbonyl (C=O) groups excluding carboxylic acids is 2. The van der Waals surface area contributed by atoms with Crippen LogP contribution in [0, 0.1) is 0 Å². The van der Waals surface area contributed by atoms with Crippen LogP contribution in [-0.4, -0.2) is 48.9 Å². The van der Waals surface area contributed by atoms with Crippen molar-refractivity contribution in [2.75, 3.05) is 37.0 Å². The molecule has 0 fully saturated rings. The highest BCUT2D eigenvalue weighted by molar-refractivity contribution is 9.09. The summed E-state index contributed by atoms with van der Waals surface area (Å²) in [5, 5.41) is 4.62. The lowest BCUT2D eigenvalue weighted by Crippen LogP contribution is -2.27. The molecule has 0 unspecified atom stereocenters. The minimum atomic E-state index is -0.181. The van der Waals surface area contributed by atoms with Gasteiger partial charge in [0.2, 0.25) is 5.91 Å². The van der Waals surface area contributed by atoms with Gasteiger partial charge in [-0.15, -0.1) is 0 Å². The predicted octanol–water partition coefficient (Wildman–Crippen LogP) is 2.79. The molecule has 0 radical (unpaired) electrons. The number of alkyl halides is 2. The highest BCUT2D eigenvalue weighted by Crippen LogP contribution is 2.00. The van der Waals surface area contributed by atoms with Crippen molar-refractivity contribution in [1.82, 2.24) is 5.32 Å². The van der Waals surface area contributed by atoms with Crippen molar-refractivity contribution in [3.63, 3.8) is 0 Å². The molecule has 5 nitrogen and oxygen atoms in total. The quantitative estimate of drug-likeness (QED) is 0.261. The molecule has 0 aliphatic carbocycles. The number of hydrogen-bond acceptors (Lipinski definition) is 4. The second-order valence-corrected chi connectivity index (χ2v) is 6.06. The molecule has 1 amide bonds. The summed E-state index contributed by atoms with van der Waals surface area (Å²) in [6, 6.07) is 0. The van der Waals surface area contributed by atoms with Crippen LogP contribution < -0.4 is 5.32 Å². The zero-order valence-corrected chi connectivity index (χ0v) is 15.5. The maximum atomic E-state index is 11.4. The zero-order chi connectivity index (χ0) is 15.8. The molecule has 0 atom stereocenters. The van der Waals surface area contributed by atoms with E-state index in [0.717, 1.165) is 36.3 Å². The summed E-state index contributed by atoms with van der Waals surface area (Å²) in [6.07, 6.45) is 4.72. The number of nitrogens with one attached hydrogen (secondary N) is 1. The van der Waals surface area contributed by atoms with E-state index in [0.29, 0.717) is 32.6 Å². The monoisotopic (exact) mass is 429 g/mol. The van der Waals surface area contributed by atoms with Crippen molar-refractivity contribution >= 4 is 43.7 Å². The molecule has 0 aromatic heterocycles. The van der Waals surface area contributed by atoms with E-state index in [4.69, 9.17) is 9.47 Å². The average Bonchev–Trinajstić information content (AvgIpc) is 2.47. The van der Waals surface area contributed by atoms with Gasteiger partial charge >= 0.3 is 5.97 Å². The number of ether oxygens (including phenoxy) is 2. The van der Waals surface area contributed by atoms with Crippen LogP contribution in [0.5, 0.6) is 0 Å². The molecule has 0 spiro atoms. The normalized spacial score (nSPS) is 10.4. The average molecular weight is 431 g/mol. The van der Waals surface area contributed by atoms with E-state index in [2.05, 4.69) is 37.2 Å². The Labute approximate surface area is 143 Å². The van der Waals surface area contributed by atoms with Gasteiger partial charge in [0.1, 0.15) is 6.61 Å². The van der Waals surface area contributed by atoms with Crippen molar-refractivity contribution in [2.45, 2.75) is 38.5 Å². The molecule has 124 valence electrons. The van der Waals surface area contributed by atoms with E-state index in [-0.39, 0.29) is 18.5 Å². The second-order valence-electron chi connectivity index (χ2n) is 4.47. The van der Waals surface area contributed by atoms with Crippen LogP contribution in [0.4, 0.5) is 0 Å². The summed E-state index contributed by atoms with van der Waals surface area (Å²) in [5.74, 6) is -0.127. The van der Waals surface area contributed by atoms with Crippen LogP contribution in [0.25, 0.3) is 0 Å². The Morgan fingerprint density at radius 1 is 0.857 bits per heavy atom. The summed E-state index contributed by atoms with van der Waals surface area (Å²) in [6.45, 7) is 1.56. The van der Waals surface area contributed by atoms with E-state index < -0.39 is 0 Å². The van der Waals surface area contributed by atoms with Crippen LogP contribution in [-0.2, 0) is 19.1 Å². The fourth-order valence-electron chi connectivity index (χ4n) is 1.48. The van der Waals surface area contributed by atoms with Crippen LogP contribution >= 0.6 is 31.9 Å². The number of rotatable bonds is 14. The number of unbranched alkanes of at least 4 members (excludes halogenated alkanes) is 2. The number of hydrogen-bond donors (Lipinski definition) is 1. The fourth-order valence-corrected chi connectivity index (χ4v) is 2.28. The molecule has 21 heavy (non-hydrogen) atoms. The minimum Gasteiger partial charge on any atom is -0.463 e. The summed E-state index contributed by atoms with van der Waals surface area (Å²) < 4.78 is 10.3. The summed E-state index contributed by atoms with van der Waals surface area (Å²) >= 11 is 6.64. The molecular weight excluding hydrogens is 406 g/mol. The van der Waals surface area contributed by atoms with Gasteiger partial charge in [-0.05, 0) is 25.7 Å². The number of halogens is 2. The van der Waals surface area contributed by atoms with Crippen LogP contribution in [0.2, 0.25) is 0 Å². The van der Waals surface area contributed by atoms with Crippen molar-refractivity contribution in [3.05, 3.63) is 0 Å². The van der Waals surface area contributed by atoms with Crippen molar-refractivity contribution in [1.29, 1.82) is 0 Å². The number of carbonyl (C=O) groups is 2. The van der Waals surface area contributed by atoms with E-state index in [1.807, 2.05) is 0 Å². The molecule has 1 N–H and O–H groups in total. The van der Waals surface area contributed by atoms with Gasteiger partial charge in [0.05, 0.1) is 13.2 Å². The lowest BCUT2D eigenvalue weighted by Gasteiger charge is -2.07. The molecule has 0 aromatic rings. The summed E-state index contributed by atoms with van der Waals surface area (Å²) in [5.41, 5.74) is 0. The summed E-state index contributed by atoms with van der Waals surface area (Å²) in [4.78, 5) is 22.6. The van der Waals surface area contributed by atoms with Crippen LogP contribution in [0.1, 0.15) is 38.5 Å². The lowest BCUT2D eigenvalue weighted by atomic mass is 10.2. The first-order valence-corrected chi connectivity index (χ1v) is 9.57. The van der Waals surface area contributed by atoms with Gasteiger partial charge in [0.25, 0.3) is 0 Å². The number of amides is 1. The third-order valence-corrected chi connectivity index (χ3v) is 3.73. The van der Waals surface area contributed by atoms with Crippen LogP contribution in [0.3, 0.4) is 0 Å². The van der Waals surface area contributed by atoms with Crippen molar-refractivity contribution < 1.29 is 19.1 Å². The van der Waals surface area contributed by atoms with E-state index in [1.54, 1.807) is 0 Å². The van der Waals surface area contributed by atoms with E-state index >= 15 is 0 Å². The maximum Gasteiger partial charge on any atom is 0.305 e. The van der Waals surface area contributed by atoms with E-state index in [1.165, 1.54) is 0 Å². The molecule has 0 aliphatic heterocycles. The molecule has 0 heterocycles. The van der Waals surface area contributed by atoms with Gasteiger partial charge in [-0.3, -0.25) is 9.59 Å². The maximum absolute atomic E-state index is 11.4. The smallest absolute Gasteiger partial charge is 0.305 e. The van der Waals surface area contributed by atoms with Crippen molar-refractivity contribution in [2.24, 2.45) is 0 Å². The fraction of sp³-hybridized carbons (Fsp3) is 0.857. The summed E-state index contributed by atoms with van der Waals surface area (Å²) in [7, 11) is 0. The van der Waals surface area contributed by atoms with Gasteiger partial charge < -0.3 is 14.8 Å². The Bertz CT molecular complexity index is 252. The van der Waals surface area contributed by atoms with Crippen LogP contribution in [0.15, 0.2) is 0 Å². The number of esters is 1. The Hall–Kier alpha value is -0.140. The second kappa shape index (κ2) is 16.2. The minimum absolute atomic E-state index is 0.0535. The zero-order valence-electron chi connectivity index (χ0n) is 12.4. The Morgan fingerprint density at radius 3 is 2.19 bits per heavy atom. The first-order chi connectivity index (χ1) is 10.2. The van der Waals surface area contributed by atoms with E-state index in [9.17, 15) is 9.59 Å². The third-order valence-electron chi connectivity index (χ3n) is 2.61. The Balaban J connectivity index is 3.24.